The second kappa shape index (κ2) is 5.56. The minimum Gasteiger partial charge on any atom is -0.242 e. The van der Waals surface area contributed by atoms with Crippen molar-refractivity contribution in [1.82, 2.24) is 9.29 Å². The third-order valence-corrected chi connectivity index (χ3v) is 6.24. The first-order valence-electron chi connectivity index (χ1n) is 6.18. The van der Waals surface area contributed by atoms with Crippen molar-refractivity contribution in [2.75, 3.05) is 0 Å². The zero-order valence-electron chi connectivity index (χ0n) is 10.8. The van der Waals surface area contributed by atoms with Gasteiger partial charge in [0.2, 0.25) is 10.0 Å². The highest BCUT2D eigenvalue weighted by atomic mass is 35.5. The Bertz CT molecular complexity index is 567. The van der Waals surface area contributed by atoms with Crippen LogP contribution >= 0.6 is 23.2 Å². The summed E-state index contributed by atoms with van der Waals surface area (Å²) in [6, 6.07) is 1.34. The molecule has 2 unspecified atom stereocenters. The number of hydrogen-bond donors (Lipinski definition) is 0. The van der Waals surface area contributed by atoms with Gasteiger partial charge in [0.15, 0.2) is 0 Å². The van der Waals surface area contributed by atoms with Gasteiger partial charge in [-0.1, -0.05) is 29.6 Å². The van der Waals surface area contributed by atoms with Crippen molar-refractivity contribution in [3.63, 3.8) is 0 Å². The number of rotatable bonds is 2. The van der Waals surface area contributed by atoms with E-state index in [-0.39, 0.29) is 27.2 Å². The van der Waals surface area contributed by atoms with E-state index in [1.54, 1.807) is 4.31 Å². The van der Waals surface area contributed by atoms with E-state index in [0.717, 1.165) is 19.3 Å². The first-order valence-corrected chi connectivity index (χ1v) is 8.38. The maximum absolute atomic E-state index is 12.7. The summed E-state index contributed by atoms with van der Waals surface area (Å²) in [7, 11) is -3.57. The molecule has 4 nitrogen and oxygen atoms in total. The van der Waals surface area contributed by atoms with Gasteiger partial charge in [-0.2, -0.15) is 4.31 Å². The van der Waals surface area contributed by atoms with Crippen LogP contribution in [-0.4, -0.2) is 29.8 Å². The molecule has 1 aromatic heterocycles. The van der Waals surface area contributed by atoms with Gasteiger partial charge in [-0.05, 0) is 32.8 Å². The summed E-state index contributed by atoms with van der Waals surface area (Å²) in [6.45, 7) is 3.86. The fourth-order valence-electron chi connectivity index (χ4n) is 2.54. The lowest BCUT2D eigenvalue weighted by Gasteiger charge is -2.37. The summed E-state index contributed by atoms with van der Waals surface area (Å²) in [6.07, 6.45) is 4.06. The molecule has 106 valence electrons. The predicted octanol–water partition coefficient (Wildman–Crippen LogP) is 3.34. The van der Waals surface area contributed by atoms with Gasteiger partial charge in [-0.3, -0.25) is 0 Å². The maximum Gasteiger partial charge on any atom is 0.245 e. The number of sulfonamides is 1. The normalized spacial score (nSPS) is 25.5. The zero-order valence-corrected chi connectivity index (χ0v) is 13.1. The summed E-state index contributed by atoms with van der Waals surface area (Å²) in [5.74, 6) is 0. The van der Waals surface area contributed by atoms with Crippen LogP contribution in [0.3, 0.4) is 0 Å². The van der Waals surface area contributed by atoms with Gasteiger partial charge in [0.1, 0.15) is 10.0 Å². The molecule has 2 rings (SSSR count). The van der Waals surface area contributed by atoms with Gasteiger partial charge in [0, 0.05) is 18.3 Å². The summed E-state index contributed by atoms with van der Waals surface area (Å²) < 4.78 is 26.9. The molecule has 0 radical (unpaired) electrons. The standard InChI is InChI=1S/C12H16Cl2N2O2S/c1-8-4-3-5-9(2)16(8)19(17,18)10-6-11(13)12(14)15-7-10/h6-9H,3-5H2,1-2H3. The van der Waals surface area contributed by atoms with Crippen molar-refractivity contribution in [2.45, 2.75) is 50.1 Å². The average molecular weight is 323 g/mol. The molecule has 0 aromatic carbocycles. The van der Waals surface area contributed by atoms with Crippen molar-refractivity contribution in [3.8, 4) is 0 Å². The highest BCUT2D eigenvalue weighted by Crippen LogP contribution is 2.31. The molecule has 2 atom stereocenters. The number of pyridine rings is 1. The molecule has 0 spiro atoms. The Morgan fingerprint density at radius 1 is 1.26 bits per heavy atom. The number of hydrogen-bond acceptors (Lipinski definition) is 3. The van der Waals surface area contributed by atoms with E-state index < -0.39 is 10.0 Å². The zero-order chi connectivity index (χ0) is 14.2. The lowest BCUT2D eigenvalue weighted by molar-refractivity contribution is 0.204. The van der Waals surface area contributed by atoms with Crippen molar-refractivity contribution >= 4 is 33.2 Å². The molecule has 1 aromatic rings. The molecule has 19 heavy (non-hydrogen) atoms. The lowest BCUT2D eigenvalue weighted by atomic mass is 10.0. The Labute approximate surface area is 123 Å². The molecule has 0 N–H and O–H groups in total. The molecule has 1 aliphatic rings. The Morgan fingerprint density at radius 2 is 1.84 bits per heavy atom. The third kappa shape index (κ3) is 2.89. The molecule has 1 aliphatic heterocycles. The van der Waals surface area contributed by atoms with Crippen LogP contribution in [0.25, 0.3) is 0 Å². The molecular weight excluding hydrogens is 307 g/mol. The Morgan fingerprint density at radius 3 is 2.37 bits per heavy atom. The first-order chi connectivity index (χ1) is 8.84. The van der Waals surface area contributed by atoms with Crippen molar-refractivity contribution in [3.05, 3.63) is 22.4 Å². The second-order valence-electron chi connectivity index (χ2n) is 4.91. The van der Waals surface area contributed by atoms with E-state index in [0.29, 0.717) is 0 Å². The SMILES string of the molecule is CC1CCCC(C)N1S(=O)(=O)c1cnc(Cl)c(Cl)c1. The lowest BCUT2D eigenvalue weighted by Crippen LogP contribution is -2.47. The minimum absolute atomic E-state index is 0.0109. The maximum atomic E-state index is 12.7. The fraction of sp³-hybridized carbons (Fsp3) is 0.583. The first kappa shape index (κ1) is 15.0. The van der Waals surface area contributed by atoms with Crippen LogP contribution in [0, 0.1) is 0 Å². The topological polar surface area (TPSA) is 50.3 Å². The van der Waals surface area contributed by atoms with Gasteiger partial charge in [0.05, 0.1) is 5.02 Å². The quantitative estimate of drug-likeness (QED) is 0.784. The van der Waals surface area contributed by atoms with Crippen LogP contribution in [0.5, 0.6) is 0 Å². The van der Waals surface area contributed by atoms with Gasteiger partial charge in [-0.15, -0.1) is 0 Å². The van der Waals surface area contributed by atoms with Crippen LogP contribution in [0.1, 0.15) is 33.1 Å². The Kier molecular flexibility index (Phi) is 4.40. The average Bonchev–Trinajstić information content (AvgIpc) is 2.32. The molecule has 0 aliphatic carbocycles. The summed E-state index contributed by atoms with van der Waals surface area (Å²) in [4.78, 5) is 3.92. The van der Waals surface area contributed by atoms with Crippen molar-refractivity contribution < 1.29 is 8.42 Å². The summed E-state index contributed by atoms with van der Waals surface area (Å²) in [5.41, 5.74) is 0. The van der Waals surface area contributed by atoms with Gasteiger partial charge >= 0.3 is 0 Å². The van der Waals surface area contributed by atoms with Crippen LogP contribution in [0.2, 0.25) is 10.2 Å². The number of piperidine rings is 1. The number of halogens is 2. The molecule has 0 bridgehead atoms. The highest BCUT2D eigenvalue weighted by Gasteiger charge is 2.36. The molecule has 0 saturated carbocycles. The third-order valence-electron chi connectivity index (χ3n) is 3.46. The molecule has 0 amide bonds. The Balaban J connectivity index is 2.43. The number of aromatic nitrogens is 1. The van der Waals surface area contributed by atoms with Gasteiger partial charge < -0.3 is 0 Å². The van der Waals surface area contributed by atoms with Crippen molar-refractivity contribution in [1.29, 1.82) is 0 Å². The minimum atomic E-state index is -3.57. The largest absolute Gasteiger partial charge is 0.245 e. The van der Waals surface area contributed by atoms with Crippen molar-refractivity contribution in [2.24, 2.45) is 0 Å². The van der Waals surface area contributed by atoms with E-state index in [9.17, 15) is 8.42 Å². The van der Waals surface area contributed by atoms with Crippen LogP contribution < -0.4 is 0 Å². The van der Waals surface area contributed by atoms with Crippen LogP contribution in [0.15, 0.2) is 17.2 Å². The van der Waals surface area contributed by atoms with E-state index >= 15 is 0 Å². The van der Waals surface area contributed by atoms with E-state index in [1.165, 1.54) is 12.3 Å². The number of nitrogens with zero attached hydrogens (tertiary/aromatic N) is 2. The van der Waals surface area contributed by atoms with Crippen LogP contribution in [-0.2, 0) is 10.0 Å². The van der Waals surface area contributed by atoms with E-state index in [2.05, 4.69) is 4.98 Å². The van der Waals surface area contributed by atoms with Gasteiger partial charge in [0.25, 0.3) is 0 Å². The molecule has 2 heterocycles. The van der Waals surface area contributed by atoms with Gasteiger partial charge in [-0.25, -0.2) is 13.4 Å². The monoisotopic (exact) mass is 322 g/mol. The highest BCUT2D eigenvalue weighted by molar-refractivity contribution is 7.89. The molecular formula is C12H16Cl2N2O2S. The fourth-order valence-corrected chi connectivity index (χ4v) is 4.73. The van der Waals surface area contributed by atoms with E-state index in [4.69, 9.17) is 23.2 Å². The molecule has 7 heteroatoms. The van der Waals surface area contributed by atoms with Crippen LogP contribution in [0.4, 0.5) is 0 Å². The predicted molar refractivity (Wildman–Crippen MR) is 76.1 cm³/mol. The Hall–Kier alpha value is -0.360. The summed E-state index contributed by atoms with van der Waals surface area (Å²) in [5, 5.41) is 0.264. The molecule has 1 saturated heterocycles. The molecule has 1 fully saturated rings. The second-order valence-corrected chi connectivity index (χ2v) is 7.52. The smallest absolute Gasteiger partial charge is 0.242 e. The van der Waals surface area contributed by atoms with E-state index in [1.807, 2.05) is 13.8 Å². The summed E-state index contributed by atoms with van der Waals surface area (Å²) >= 11 is 11.6.